The van der Waals surface area contributed by atoms with E-state index in [-0.39, 0.29) is 24.1 Å². The number of carbonyl (C=O) groups excluding carboxylic acids is 2. The molecule has 2 amide bonds. The lowest BCUT2D eigenvalue weighted by molar-refractivity contribution is -0.00335. The lowest BCUT2D eigenvalue weighted by Crippen LogP contribution is -2.57. The van der Waals surface area contributed by atoms with Gasteiger partial charge >= 0.3 is 6.09 Å². The van der Waals surface area contributed by atoms with E-state index in [0.717, 1.165) is 60.1 Å². The van der Waals surface area contributed by atoms with E-state index in [0.29, 0.717) is 18.7 Å². The van der Waals surface area contributed by atoms with Crippen LogP contribution in [0.2, 0.25) is 5.02 Å². The van der Waals surface area contributed by atoms with Gasteiger partial charge in [-0.1, -0.05) is 17.7 Å². The number of nitrogens with zero attached hydrogens (tertiary/aromatic N) is 3. The first-order chi connectivity index (χ1) is 15.2. The standard InChI is InChI=1S/C25H30ClN3O3/c1-25(2,3)32-24(31)29-16-9-10-17(29)14-28(13-16)23(30)15-8-11-19-21(12-15)27-20-7-5-4-6-18(20)22(19)26/h8,11-12,16-17H,4-7,9-10,13-14H2,1-3H3. The molecule has 2 fully saturated rings. The summed E-state index contributed by atoms with van der Waals surface area (Å²) in [5.74, 6) is -0.0109. The molecule has 0 saturated carbocycles. The van der Waals surface area contributed by atoms with E-state index in [4.69, 9.17) is 21.3 Å². The van der Waals surface area contributed by atoms with Crippen molar-refractivity contribution in [2.45, 2.75) is 77.0 Å². The molecule has 1 aromatic carbocycles. The minimum atomic E-state index is -0.526. The second-order valence-corrected chi connectivity index (χ2v) is 10.7. The van der Waals surface area contributed by atoms with Crippen molar-refractivity contribution in [3.63, 3.8) is 0 Å². The van der Waals surface area contributed by atoms with Crippen LogP contribution in [0.3, 0.4) is 0 Å². The fourth-order valence-electron chi connectivity index (χ4n) is 5.36. The van der Waals surface area contributed by atoms with Gasteiger partial charge in [-0.3, -0.25) is 14.7 Å². The quantitative estimate of drug-likeness (QED) is 0.607. The van der Waals surface area contributed by atoms with E-state index < -0.39 is 5.60 Å². The lowest BCUT2D eigenvalue weighted by atomic mass is 9.94. The van der Waals surface area contributed by atoms with Gasteiger partial charge in [-0.2, -0.15) is 0 Å². The Hall–Kier alpha value is -2.34. The van der Waals surface area contributed by atoms with Crippen LogP contribution in [0.15, 0.2) is 18.2 Å². The van der Waals surface area contributed by atoms with Gasteiger partial charge in [-0.15, -0.1) is 0 Å². The second-order valence-electron chi connectivity index (χ2n) is 10.3. The number of halogens is 1. The fourth-order valence-corrected chi connectivity index (χ4v) is 5.73. The predicted molar refractivity (Wildman–Crippen MR) is 124 cm³/mol. The molecule has 2 atom stereocenters. The molecule has 32 heavy (non-hydrogen) atoms. The molecule has 170 valence electrons. The number of likely N-dealkylation sites (tertiary alicyclic amines) is 1. The highest BCUT2D eigenvalue weighted by Crippen LogP contribution is 2.35. The van der Waals surface area contributed by atoms with Gasteiger partial charge in [0.15, 0.2) is 0 Å². The molecule has 2 saturated heterocycles. The average Bonchev–Trinajstić information content (AvgIpc) is 3.02. The normalized spacial score (nSPS) is 22.8. The van der Waals surface area contributed by atoms with Crippen molar-refractivity contribution in [3.8, 4) is 0 Å². The zero-order chi connectivity index (χ0) is 22.6. The highest BCUT2D eigenvalue weighted by molar-refractivity contribution is 6.36. The average molecular weight is 456 g/mol. The summed E-state index contributed by atoms with van der Waals surface area (Å²) >= 11 is 6.69. The summed E-state index contributed by atoms with van der Waals surface area (Å²) in [7, 11) is 0. The van der Waals surface area contributed by atoms with Gasteiger partial charge in [-0.25, -0.2) is 4.79 Å². The van der Waals surface area contributed by atoms with Crippen LogP contribution in [0.5, 0.6) is 0 Å². The van der Waals surface area contributed by atoms with Gasteiger partial charge in [0, 0.05) is 29.7 Å². The molecule has 7 heteroatoms. The number of aromatic nitrogens is 1. The van der Waals surface area contributed by atoms with Crippen LogP contribution in [0.1, 0.15) is 68.1 Å². The zero-order valence-electron chi connectivity index (χ0n) is 19.0. The van der Waals surface area contributed by atoms with Crippen LogP contribution < -0.4 is 0 Å². The van der Waals surface area contributed by atoms with Crippen molar-refractivity contribution in [1.82, 2.24) is 14.8 Å². The van der Waals surface area contributed by atoms with Gasteiger partial charge in [0.25, 0.3) is 5.91 Å². The second kappa shape index (κ2) is 7.91. The molecule has 2 bridgehead atoms. The molecule has 1 aromatic heterocycles. The van der Waals surface area contributed by atoms with Gasteiger partial charge < -0.3 is 9.64 Å². The Bertz CT molecular complexity index is 1080. The number of piperazine rings is 1. The predicted octanol–water partition coefficient (Wildman–Crippen LogP) is 4.99. The number of hydrogen-bond donors (Lipinski definition) is 0. The first kappa shape index (κ1) is 21.5. The maximum absolute atomic E-state index is 13.4. The van der Waals surface area contributed by atoms with E-state index >= 15 is 0 Å². The Morgan fingerprint density at radius 2 is 1.78 bits per heavy atom. The molecule has 0 spiro atoms. The fraction of sp³-hybridized carbons (Fsp3) is 0.560. The smallest absolute Gasteiger partial charge is 0.410 e. The number of aryl methyl sites for hydroxylation is 1. The zero-order valence-corrected chi connectivity index (χ0v) is 19.7. The third-order valence-corrected chi connectivity index (χ3v) is 7.25. The summed E-state index contributed by atoms with van der Waals surface area (Å²) in [5, 5.41) is 1.70. The Morgan fingerprint density at radius 3 is 2.47 bits per heavy atom. The molecular formula is C25H30ClN3O3. The Morgan fingerprint density at radius 1 is 1.09 bits per heavy atom. The summed E-state index contributed by atoms with van der Waals surface area (Å²) in [6, 6.07) is 5.68. The number of benzene rings is 1. The summed E-state index contributed by atoms with van der Waals surface area (Å²) < 4.78 is 5.61. The summed E-state index contributed by atoms with van der Waals surface area (Å²) in [6.07, 6.45) is 5.72. The SMILES string of the molecule is CC(C)(C)OC(=O)N1C2CCC1CN(C(=O)c1ccc3c(Cl)c4c(nc3c1)CCCC4)C2. The van der Waals surface area contributed by atoms with Crippen molar-refractivity contribution in [3.05, 3.63) is 40.0 Å². The molecule has 2 unspecified atom stereocenters. The van der Waals surface area contributed by atoms with Gasteiger partial charge in [-0.05, 0) is 77.0 Å². The van der Waals surface area contributed by atoms with Crippen LogP contribution in [-0.4, -0.2) is 57.6 Å². The van der Waals surface area contributed by atoms with Gasteiger partial charge in [0.05, 0.1) is 22.6 Å². The van der Waals surface area contributed by atoms with Crippen molar-refractivity contribution < 1.29 is 14.3 Å². The minimum absolute atomic E-state index is 0.00703. The van der Waals surface area contributed by atoms with Crippen molar-refractivity contribution in [2.75, 3.05) is 13.1 Å². The van der Waals surface area contributed by atoms with E-state index in [1.165, 1.54) is 5.56 Å². The first-order valence-electron chi connectivity index (χ1n) is 11.6. The Balaban J connectivity index is 1.37. The Labute approximate surface area is 193 Å². The third-order valence-electron chi connectivity index (χ3n) is 6.81. The summed E-state index contributed by atoms with van der Waals surface area (Å²) in [4.78, 5) is 34.6. The van der Waals surface area contributed by atoms with Gasteiger partial charge in [0.1, 0.15) is 5.60 Å². The number of carbonyl (C=O) groups is 2. The maximum Gasteiger partial charge on any atom is 0.410 e. The highest BCUT2D eigenvalue weighted by Gasteiger charge is 2.45. The first-order valence-corrected chi connectivity index (χ1v) is 12.0. The number of pyridine rings is 1. The highest BCUT2D eigenvalue weighted by atomic mass is 35.5. The summed E-state index contributed by atoms with van der Waals surface area (Å²) in [5.41, 5.74) is 3.13. The molecule has 0 N–H and O–H groups in total. The van der Waals surface area contributed by atoms with Crippen molar-refractivity contribution >= 4 is 34.5 Å². The number of rotatable bonds is 1. The number of amides is 2. The molecule has 3 heterocycles. The van der Waals surface area contributed by atoms with E-state index in [9.17, 15) is 9.59 Å². The van der Waals surface area contributed by atoms with Crippen molar-refractivity contribution in [2.24, 2.45) is 0 Å². The third kappa shape index (κ3) is 3.83. The van der Waals surface area contributed by atoms with Crippen LogP contribution in [0.25, 0.3) is 10.9 Å². The molecule has 6 nitrogen and oxygen atoms in total. The van der Waals surface area contributed by atoms with Crippen LogP contribution in [-0.2, 0) is 17.6 Å². The maximum atomic E-state index is 13.4. The largest absolute Gasteiger partial charge is 0.444 e. The monoisotopic (exact) mass is 455 g/mol. The topological polar surface area (TPSA) is 62.7 Å². The molecule has 5 rings (SSSR count). The molecule has 0 radical (unpaired) electrons. The van der Waals surface area contributed by atoms with Crippen molar-refractivity contribution in [1.29, 1.82) is 0 Å². The van der Waals surface area contributed by atoms with E-state index in [2.05, 4.69) is 0 Å². The molecule has 2 aliphatic heterocycles. The number of fused-ring (bicyclic) bond motifs is 4. The lowest BCUT2D eigenvalue weighted by Gasteiger charge is -2.41. The molecule has 1 aliphatic carbocycles. The van der Waals surface area contributed by atoms with Crippen LogP contribution >= 0.6 is 11.6 Å². The molecule has 2 aromatic rings. The molecule has 3 aliphatic rings. The Kier molecular flexibility index (Phi) is 5.31. The minimum Gasteiger partial charge on any atom is -0.444 e. The molecular weight excluding hydrogens is 426 g/mol. The van der Waals surface area contributed by atoms with Crippen LogP contribution in [0.4, 0.5) is 4.79 Å². The van der Waals surface area contributed by atoms with Crippen LogP contribution in [0, 0.1) is 0 Å². The summed E-state index contributed by atoms with van der Waals surface area (Å²) in [6.45, 7) is 6.70. The van der Waals surface area contributed by atoms with E-state index in [1.807, 2.05) is 48.8 Å². The van der Waals surface area contributed by atoms with Gasteiger partial charge in [0.2, 0.25) is 0 Å². The number of ether oxygens (including phenoxy) is 1. The van der Waals surface area contributed by atoms with E-state index in [1.54, 1.807) is 0 Å². The number of hydrogen-bond acceptors (Lipinski definition) is 4.